The molecule has 2 aliphatic rings. The van der Waals surface area contributed by atoms with Crippen LogP contribution in [0.2, 0.25) is 5.02 Å². The van der Waals surface area contributed by atoms with E-state index in [1.165, 1.54) is 30.0 Å². The van der Waals surface area contributed by atoms with Crippen LogP contribution in [-0.4, -0.2) is 34.8 Å². The Labute approximate surface area is 175 Å². The van der Waals surface area contributed by atoms with Crippen LogP contribution < -0.4 is 15.8 Å². The van der Waals surface area contributed by atoms with Crippen LogP contribution in [0, 0.1) is 5.92 Å². The first kappa shape index (κ1) is 20.0. The molecule has 4 rings (SSSR count). The number of rotatable bonds is 4. The molecule has 1 N–H and O–H groups in total. The second-order valence-corrected chi connectivity index (χ2v) is 8.49. The number of piperidine rings is 1. The zero-order valence-electron chi connectivity index (χ0n) is 16.5. The van der Waals surface area contributed by atoms with Crippen LogP contribution in [0.3, 0.4) is 0 Å². The summed E-state index contributed by atoms with van der Waals surface area (Å²) in [5.41, 5.74) is 0.424. The molecule has 1 aliphatic heterocycles. The minimum absolute atomic E-state index is 0.0426. The van der Waals surface area contributed by atoms with Crippen LogP contribution in [0.1, 0.15) is 44.9 Å². The molecule has 1 aromatic heterocycles. The van der Waals surface area contributed by atoms with E-state index in [4.69, 9.17) is 11.6 Å². The van der Waals surface area contributed by atoms with Gasteiger partial charge in [0.1, 0.15) is 5.82 Å². The second-order valence-electron chi connectivity index (χ2n) is 8.05. The second kappa shape index (κ2) is 8.99. The van der Waals surface area contributed by atoms with Gasteiger partial charge < -0.3 is 10.2 Å². The minimum Gasteiger partial charge on any atom is -0.354 e. The molecule has 1 aromatic carbocycles. The lowest BCUT2D eigenvalue weighted by Crippen LogP contribution is -2.46. The first-order valence-corrected chi connectivity index (χ1v) is 10.9. The smallest absolute Gasteiger partial charge is 0.271 e. The number of amides is 1. The number of hydrogen-bond donors (Lipinski definition) is 1. The number of halogens is 1. The third-order valence-corrected chi connectivity index (χ3v) is 6.14. The van der Waals surface area contributed by atoms with E-state index in [9.17, 15) is 9.59 Å². The fourth-order valence-electron chi connectivity index (χ4n) is 4.33. The van der Waals surface area contributed by atoms with Gasteiger partial charge in [0, 0.05) is 30.2 Å². The molecular weight excluding hydrogens is 388 g/mol. The fraction of sp³-hybridized carbons (Fsp3) is 0.500. The number of aromatic nitrogens is 2. The largest absolute Gasteiger partial charge is 0.354 e. The van der Waals surface area contributed by atoms with Gasteiger partial charge in [-0.25, -0.2) is 0 Å². The van der Waals surface area contributed by atoms with E-state index in [0.29, 0.717) is 29.1 Å². The molecule has 1 aliphatic carbocycles. The standard InChI is InChI=1S/C22H27ClN4O2/c23-17-7-4-10-19(14-17)27-21(28)12-11-20(25-27)26-13-5-6-16(15-26)22(29)24-18-8-2-1-3-9-18/h4,7,10-12,14,16,18H,1-3,5-6,8-9,13,15H2,(H,24,29). The Morgan fingerprint density at radius 2 is 1.90 bits per heavy atom. The molecule has 29 heavy (non-hydrogen) atoms. The van der Waals surface area contributed by atoms with Crippen molar-refractivity contribution in [1.29, 1.82) is 0 Å². The van der Waals surface area contributed by atoms with E-state index in [-0.39, 0.29) is 17.4 Å². The van der Waals surface area contributed by atoms with E-state index >= 15 is 0 Å². The zero-order valence-corrected chi connectivity index (χ0v) is 17.3. The first-order chi connectivity index (χ1) is 14.1. The molecule has 7 heteroatoms. The number of anilines is 1. The molecule has 1 atom stereocenters. The number of carbonyl (C=O) groups excluding carboxylic acids is 1. The molecule has 0 bridgehead atoms. The van der Waals surface area contributed by atoms with Crippen molar-refractivity contribution in [2.75, 3.05) is 18.0 Å². The van der Waals surface area contributed by atoms with Gasteiger partial charge in [0.25, 0.3) is 5.56 Å². The van der Waals surface area contributed by atoms with E-state index in [0.717, 1.165) is 32.2 Å². The first-order valence-electron chi connectivity index (χ1n) is 10.5. The topological polar surface area (TPSA) is 67.2 Å². The SMILES string of the molecule is O=C(NC1CCCCC1)C1CCCN(c2ccc(=O)n(-c3cccc(Cl)c3)n2)C1. The molecule has 6 nitrogen and oxygen atoms in total. The molecule has 154 valence electrons. The van der Waals surface area contributed by atoms with Gasteiger partial charge in [-0.2, -0.15) is 4.68 Å². The molecule has 1 amide bonds. The van der Waals surface area contributed by atoms with E-state index in [1.807, 2.05) is 0 Å². The highest BCUT2D eigenvalue weighted by Crippen LogP contribution is 2.23. The van der Waals surface area contributed by atoms with Crippen molar-refractivity contribution in [3.05, 3.63) is 51.8 Å². The summed E-state index contributed by atoms with van der Waals surface area (Å²) in [6, 6.07) is 10.7. The van der Waals surface area contributed by atoms with Gasteiger partial charge in [-0.15, -0.1) is 5.10 Å². The van der Waals surface area contributed by atoms with Crippen molar-refractivity contribution >= 4 is 23.3 Å². The predicted molar refractivity (Wildman–Crippen MR) is 115 cm³/mol. The lowest BCUT2D eigenvalue weighted by molar-refractivity contribution is -0.126. The summed E-state index contributed by atoms with van der Waals surface area (Å²) < 4.78 is 1.37. The fourth-order valence-corrected chi connectivity index (χ4v) is 4.51. The molecule has 2 fully saturated rings. The van der Waals surface area contributed by atoms with Crippen LogP contribution >= 0.6 is 11.6 Å². The summed E-state index contributed by atoms with van der Waals surface area (Å²) in [6.45, 7) is 1.45. The third-order valence-electron chi connectivity index (χ3n) is 5.91. The van der Waals surface area contributed by atoms with Crippen molar-refractivity contribution in [2.24, 2.45) is 5.92 Å². The Morgan fingerprint density at radius 1 is 1.07 bits per heavy atom. The normalized spacial score (nSPS) is 20.4. The van der Waals surface area contributed by atoms with Crippen molar-refractivity contribution in [1.82, 2.24) is 15.1 Å². The summed E-state index contributed by atoms with van der Waals surface area (Å²) in [7, 11) is 0. The van der Waals surface area contributed by atoms with Gasteiger partial charge in [0.2, 0.25) is 5.91 Å². The molecule has 2 heterocycles. The predicted octanol–water partition coefficient (Wildman–Crippen LogP) is 3.55. The quantitative estimate of drug-likeness (QED) is 0.830. The average molecular weight is 415 g/mol. The number of carbonyl (C=O) groups is 1. The zero-order chi connectivity index (χ0) is 20.2. The third kappa shape index (κ3) is 4.81. The summed E-state index contributed by atoms with van der Waals surface area (Å²) in [4.78, 5) is 27.2. The lowest BCUT2D eigenvalue weighted by Gasteiger charge is -2.34. The Morgan fingerprint density at radius 3 is 2.69 bits per heavy atom. The minimum atomic E-state index is -0.209. The van der Waals surface area contributed by atoms with Crippen LogP contribution in [-0.2, 0) is 4.79 Å². The van der Waals surface area contributed by atoms with Crippen molar-refractivity contribution < 1.29 is 4.79 Å². The molecule has 2 aromatic rings. The van der Waals surface area contributed by atoms with Crippen LogP contribution in [0.4, 0.5) is 5.82 Å². The van der Waals surface area contributed by atoms with Gasteiger partial charge in [-0.1, -0.05) is 36.9 Å². The monoisotopic (exact) mass is 414 g/mol. The molecule has 1 unspecified atom stereocenters. The highest BCUT2D eigenvalue weighted by atomic mass is 35.5. The highest BCUT2D eigenvalue weighted by Gasteiger charge is 2.28. The van der Waals surface area contributed by atoms with E-state index < -0.39 is 0 Å². The van der Waals surface area contributed by atoms with Crippen LogP contribution in [0.15, 0.2) is 41.2 Å². The molecule has 0 spiro atoms. The average Bonchev–Trinajstić information content (AvgIpc) is 2.75. The Hall–Kier alpha value is -2.34. The van der Waals surface area contributed by atoms with Crippen LogP contribution in [0.5, 0.6) is 0 Å². The number of nitrogens with one attached hydrogen (secondary N) is 1. The van der Waals surface area contributed by atoms with Gasteiger partial charge in [-0.05, 0) is 49.9 Å². The summed E-state index contributed by atoms with van der Waals surface area (Å²) in [6.07, 6.45) is 7.69. The van der Waals surface area contributed by atoms with Crippen molar-refractivity contribution in [2.45, 2.75) is 51.0 Å². The van der Waals surface area contributed by atoms with Gasteiger partial charge >= 0.3 is 0 Å². The molecule has 1 saturated heterocycles. The lowest BCUT2D eigenvalue weighted by atomic mass is 9.93. The van der Waals surface area contributed by atoms with E-state index in [1.54, 1.807) is 30.3 Å². The number of benzene rings is 1. The Balaban J connectivity index is 1.48. The van der Waals surface area contributed by atoms with Gasteiger partial charge in [0.05, 0.1) is 11.6 Å². The summed E-state index contributed by atoms with van der Waals surface area (Å²) >= 11 is 6.07. The maximum atomic E-state index is 12.8. The van der Waals surface area contributed by atoms with Crippen molar-refractivity contribution in [3.8, 4) is 5.69 Å². The highest BCUT2D eigenvalue weighted by molar-refractivity contribution is 6.30. The molecule has 0 radical (unpaired) electrons. The maximum absolute atomic E-state index is 12.8. The number of hydrogen-bond acceptors (Lipinski definition) is 4. The van der Waals surface area contributed by atoms with Gasteiger partial charge in [0.15, 0.2) is 0 Å². The summed E-state index contributed by atoms with van der Waals surface area (Å²) in [5.74, 6) is 0.823. The summed E-state index contributed by atoms with van der Waals surface area (Å²) in [5, 5.41) is 8.37. The Kier molecular flexibility index (Phi) is 6.19. The van der Waals surface area contributed by atoms with Crippen molar-refractivity contribution in [3.63, 3.8) is 0 Å². The van der Waals surface area contributed by atoms with Gasteiger partial charge in [-0.3, -0.25) is 9.59 Å². The number of nitrogens with zero attached hydrogens (tertiary/aromatic N) is 3. The molecular formula is C22H27ClN4O2. The Bertz CT molecular complexity index is 923. The van der Waals surface area contributed by atoms with E-state index in [2.05, 4.69) is 15.3 Å². The maximum Gasteiger partial charge on any atom is 0.271 e. The molecule has 1 saturated carbocycles. The van der Waals surface area contributed by atoms with Crippen LogP contribution in [0.25, 0.3) is 5.69 Å².